The molecule has 0 radical (unpaired) electrons. The van der Waals surface area contributed by atoms with Gasteiger partial charge in [-0.2, -0.15) is 0 Å². The average molecular weight is 241 g/mol. The number of hydrogen-bond donors (Lipinski definition) is 1. The van der Waals surface area contributed by atoms with Crippen LogP contribution < -0.4 is 5.32 Å². The molecule has 1 fully saturated rings. The van der Waals surface area contributed by atoms with Crippen LogP contribution in [0.3, 0.4) is 0 Å². The molecule has 0 unspecified atom stereocenters. The summed E-state index contributed by atoms with van der Waals surface area (Å²) in [7, 11) is 1.41. The van der Waals surface area contributed by atoms with Crippen LogP contribution in [0.2, 0.25) is 0 Å². The van der Waals surface area contributed by atoms with Crippen molar-refractivity contribution in [1.82, 2.24) is 5.32 Å². The number of carbonyl (C=O) groups is 1. The Morgan fingerprint density at radius 3 is 2.24 bits per heavy atom. The van der Waals surface area contributed by atoms with E-state index in [1.54, 1.807) is 0 Å². The molecule has 4 heteroatoms. The van der Waals surface area contributed by atoms with Crippen LogP contribution >= 0.6 is 0 Å². The van der Waals surface area contributed by atoms with E-state index in [1.807, 2.05) is 20.8 Å². The largest absolute Gasteiger partial charge is 0.474 e. The molecule has 0 heterocycles. The highest BCUT2D eigenvalue weighted by atomic mass is 16.5. The predicted molar refractivity (Wildman–Crippen MR) is 66.3 cm³/mol. The number of hydrogen-bond acceptors (Lipinski definition) is 4. The summed E-state index contributed by atoms with van der Waals surface area (Å²) < 4.78 is 10.5. The Morgan fingerprint density at radius 1 is 1.29 bits per heavy atom. The summed E-state index contributed by atoms with van der Waals surface area (Å²) in [6.07, 6.45) is 3.58. The predicted octanol–water partition coefficient (Wildman–Crippen LogP) is 2.35. The fourth-order valence-electron chi connectivity index (χ4n) is 2.22. The van der Waals surface area contributed by atoms with Crippen LogP contribution in [0.1, 0.15) is 46.5 Å². The van der Waals surface area contributed by atoms with Gasteiger partial charge in [0, 0.05) is 0 Å². The van der Waals surface area contributed by atoms with E-state index in [4.69, 9.17) is 9.47 Å². The number of carbonyl (C=O) groups excluding carboxylic acids is 1. The lowest BCUT2D eigenvalue weighted by Crippen LogP contribution is -2.50. The van der Waals surface area contributed by atoms with E-state index >= 15 is 0 Å². The molecule has 0 aromatic heterocycles. The van der Waals surface area contributed by atoms with E-state index in [-0.39, 0.29) is 11.6 Å². The zero-order valence-electron chi connectivity index (χ0n) is 11.3. The van der Waals surface area contributed by atoms with E-state index in [0.29, 0.717) is 5.88 Å². The first kappa shape index (κ1) is 13.9. The molecule has 1 rings (SSSR count). The van der Waals surface area contributed by atoms with E-state index < -0.39 is 5.54 Å². The molecule has 0 bridgehead atoms. The Kier molecular flexibility index (Phi) is 4.07. The van der Waals surface area contributed by atoms with Gasteiger partial charge in [-0.25, -0.2) is 4.79 Å². The maximum atomic E-state index is 11.9. The lowest BCUT2D eigenvalue weighted by Gasteiger charge is -2.32. The third-order valence-electron chi connectivity index (χ3n) is 2.84. The second-order valence-corrected chi connectivity index (χ2v) is 5.54. The summed E-state index contributed by atoms with van der Waals surface area (Å²) >= 11 is 0. The zero-order chi connectivity index (χ0) is 13.1. The fourth-order valence-corrected chi connectivity index (χ4v) is 2.22. The average Bonchev–Trinajstić information content (AvgIpc) is 2.63. The number of esters is 1. The third kappa shape index (κ3) is 3.65. The minimum absolute atomic E-state index is 0.228. The lowest BCUT2D eigenvalue weighted by atomic mass is 9.98. The van der Waals surface area contributed by atoms with E-state index in [2.05, 4.69) is 11.9 Å². The maximum absolute atomic E-state index is 11.9. The first-order valence-electron chi connectivity index (χ1n) is 6.04. The van der Waals surface area contributed by atoms with Crippen LogP contribution in [0.5, 0.6) is 0 Å². The van der Waals surface area contributed by atoms with Crippen LogP contribution in [-0.2, 0) is 14.3 Å². The number of ether oxygens (including phenoxy) is 2. The highest BCUT2D eigenvalue weighted by Gasteiger charge is 2.43. The van der Waals surface area contributed by atoms with Crippen LogP contribution in [0, 0.1) is 0 Å². The molecule has 1 aliphatic rings. The van der Waals surface area contributed by atoms with Crippen LogP contribution in [0.15, 0.2) is 12.5 Å². The highest BCUT2D eigenvalue weighted by Crippen LogP contribution is 2.32. The maximum Gasteiger partial charge on any atom is 0.331 e. The van der Waals surface area contributed by atoms with Gasteiger partial charge >= 0.3 is 5.97 Å². The summed E-state index contributed by atoms with van der Waals surface area (Å²) in [5, 5.41) is 3.11. The van der Waals surface area contributed by atoms with Crippen molar-refractivity contribution < 1.29 is 14.3 Å². The van der Waals surface area contributed by atoms with E-state index in [1.165, 1.54) is 7.11 Å². The van der Waals surface area contributed by atoms with Crippen LogP contribution in [-0.4, -0.2) is 24.2 Å². The van der Waals surface area contributed by atoms with Gasteiger partial charge in [-0.15, -0.1) is 0 Å². The minimum Gasteiger partial charge on any atom is -0.474 e. The number of methoxy groups -OCH3 is 1. The molecule has 0 atom stereocenters. The van der Waals surface area contributed by atoms with Crippen LogP contribution in [0.25, 0.3) is 0 Å². The SMILES string of the molecule is C=C(NC1(C(=O)OC)CCCC1)OC(C)(C)C. The van der Waals surface area contributed by atoms with Gasteiger partial charge in [-0.3, -0.25) is 0 Å². The third-order valence-corrected chi connectivity index (χ3v) is 2.84. The Labute approximate surface area is 103 Å². The molecule has 4 nitrogen and oxygen atoms in total. The molecule has 0 amide bonds. The van der Waals surface area contributed by atoms with Crippen molar-refractivity contribution in [3.63, 3.8) is 0 Å². The van der Waals surface area contributed by atoms with Crippen molar-refractivity contribution in [1.29, 1.82) is 0 Å². The second kappa shape index (κ2) is 4.98. The number of nitrogens with one attached hydrogen (secondary N) is 1. The molecular weight excluding hydrogens is 218 g/mol. The summed E-state index contributed by atoms with van der Waals surface area (Å²) in [6.45, 7) is 9.66. The zero-order valence-corrected chi connectivity index (χ0v) is 11.3. The Balaban J connectivity index is 2.68. The first-order chi connectivity index (χ1) is 7.79. The first-order valence-corrected chi connectivity index (χ1v) is 6.04. The minimum atomic E-state index is -0.642. The van der Waals surface area contributed by atoms with Crippen molar-refractivity contribution >= 4 is 5.97 Å². The topological polar surface area (TPSA) is 47.6 Å². The molecule has 0 aliphatic heterocycles. The molecule has 1 N–H and O–H groups in total. The molecule has 0 saturated heterocycles. The Hall–Kier alpha value is -1.19. The van der Waals surface area contributed by atoms with Crippen molar-refractivity contribution in [3.05, 3.63) is 12.5 Å². The normalized spacial score (nSPS) is 18.6. The van der Waals surface area contributed by atoms with E-state index in [0.717, 1.165) is 25.7 Å². The fraction of sp³-hybridized carbons (Fsp3) is 0.769. The van der Waals surface area contributed by atoms with E-state index in [9.17, 15) is 4.79 Å². The van der Waals surface area contributed by atoms with Crippen molar-refractivity contribution in [3.8, 4) is 0 Å². The monoisotopic (exact) mass is 241 g/mol. The lowest BCUT2D eigenvalue weighted by molar-refractivity contribution is -0.148. The van der Waals surface area contributed by atoms with Gasteiger partial charge in [0.2, 0.25) is 0 Å². The van der Waals surface area contributed by atoms with Gasteiger partial charge in [-0.05, 0) is 40.2 Å². The molecule has 98 valence electrons. The summed E-state index contributed by atoms with van der Waals surface area (Å²) in [6, 6.07) is 0. The Bertz CT molecular complexity index is 298. The summed E-state index contributed by atoms with van der Waals surface area (Å²) in [5.74, 6) is 0.207. The Morgan fingerprint density at radius 2 is 1.82 bits per heavy atom. The van der Waals surface area contributed by atoms with Gasteiger partial charge in [0.05, 0.1) is 7.11 Å². The van der Waals surface area contributed by atoms with Gasteiger partial charge in [0.25, 0.3) is 0 Å². The summed E-state index contributed by atoms with van der Waals surface area (Å²) in [4.78, 5) is 11.9. The number of rotatable bonds is 4. The highest BCUT2D eigenvalue weighted by molar-refractivity contribution is 5.81. The molecular formula is C13H23NO3. The molecule has 0 aromatic rings. The summed E-state index contributed by atoms with van der Waals surface area (Å²) in [5.41, 5.74) is -0.961. The van der Waals surface area contributed by atoms with Gasteiger partial charge in [0.1, 0.15) is 11.1 Å². The van der Waals surface area contributed by atoms with Crippen molar-refractivity contribution in [2.24, 2.45) is 0 Å². The standard InChI is InChI=1S/C13H23NO3/c1-10(17-12(2,3)4)14-13(11(15)16-5)8-6-7-9-13/h14H,1,6-9H2,2-5H3. The van der Waals surface area contributed by atoms with Gasteiger partial charge in [-0.1, -0.05) is 12.8 Å². The molecule has 1 aliphatic carbocycles. The smallest absolute Gasteiger partial charge is 0.331 e. The van der Waals surface area contributed by atoms with Gasteiger partial charge < -0.3 is 14.8 Å². The second-order valence-electron chi connectivity index (χ2n) is 5.54. The van der Waals surface area contributed by atoms with Gasteiger partial charge in [0.15, 0.2) is 5.88 Å². The molecule has 1 saturated carbocycles. The molecule has 17 heavy (non-hydrogen) atoms. The molecule has 0 spiro atoms. The van der Waals surface area contributed by atoms with Crippen molar-refractivity contribution in [2.45, 2.75) is 57.6 Å². The van der Waals surface area contributed by atoms with Crippen molar-refractivity contribution in [2.75, 3.05) is 7.11 Å². The van der Waals surface area contributed by atoms with Crippen LogP contribution in [0.4, 0.5) is 0 Å². The molecule has 0 aromatic carbocycles. The quantitative estimate of drug-likeness (QED) is 0.606.